The van der Waals surface area contributed by atoms with Crippen molar-refractivity contribution in [2.24, 2.45) is 0 Å². The van der Waals surface area contributed by atoms with Crippen LogP contribution in [0.2, 0.25) is 0 Å². The molecule has 0 spiro atoms. The van der Waals surface area contributed by atoms with Gasteiger partial charge in [-0.25, -0.2) is 0 Å². The third-order valence-electron chi connectivity index (χ3n) is 2.97. The standard InChI is InChI=1S/C14H17N3O4S/c1-9(4-7-13(19)20)15-11(18)5-6-12-16-14(17-21-12)10-3-2-8-22-10/h2-3,8-9H,4-7H2,1H3,(H,15,18)(H,19,20). The molecular formula is C14H17N3O4S. The van der Waals surface area contributed by atoms with Crippen LogP contribution in [0.3, 0.4) is 0 Å². The Kier molecular flexibility index (Phi) is 5.65. The van der Waals surface area contributed by atoms with Crippen molar-refractivity contribution >= 4 is 23.2 Å². The lowest BCUT2D eigenvalue weighted by molar-refractivity contribution is -0.137. The molecule has 0 saturated carbocycles. The highest BCUT2D eigenvalue weighted by molar-refractivity contribution is 7.13. The summed E-state index contributed by atoms with van der Waals surface area (Å²) in [5, 5.41) is 17.1. The Hall–Kier alpha value is -2.22. The average Bonchev–Trinajstić information content (AvgIpc) is 3.13. The van der Waals surface area contributed by atoms with Gasteiger partial charge in [-0.15, -0.1) is 11.3 Å². The molecule has 0 aliphatic rings. The van der Waals surface area contributed by atoms with E-state index in [-0.39, 0.29) is 24.8 Å². The molecule has 1 unspecified atom stereocenters. The van der Waals surface area contributed by atoms with E-state index < -0.39 is 5.97 Å². The molecule has 0 aliphatic heterocycles. The zero-order valence-electron chi connectivity index (χ0n) is 12.1. The highest BCUT2D eigenvalue weighted by Gasteiger charge is 2.13. The lowest BCUT2D eigenvalue weighted by Crippen LogP contribution is -2.33. The maximum absolute atomic E-state index is 11.8. The number of rotatable bonds is 8. The van der Waals surface area contributed by atoms with Gasteiger partial charge in [-0.3, -0.25) is 9.59 Å². The van der Waals surface area contributed by atoms with Gasteiger partial charge in [0, 0.05) is 25.3 Å². The van der Waals surface area contributed by atoms with Crippen LogP contribution in [0.1, 0.15) is 32.1 Å². The molecule has 118 valence electrons. The van der Waals surface area contributed by atoms with Crippen LogP contribution in [0.5, 0.6) is 0 Å². The zero-order valence-corrected chi connectivity index (χ0v) is 12.9. The predicted molar refractivity (Wildman–Crippen MR) is 80.4 cm³/mol. The third kappa shape index (κ3) is 4.96. The van der Waals surface area contributed by atoms with E-state index in [0.29, 0.717) is 24.6 Å². The molecule has 0 fully saturated rings. The number of nitrogens with zero attached hydrogens (tertiary/aromatic N) is 2. The van der Waals surface area contributed by atoms with Gasteiger partial charge in [0.15, 0.2) is 0 Å². The first kappa shape index (κ1) is 16.2. The second-order valence-electron chi connectivity index (χ2n) is 4.89. The van der Waals surface area contributed by atoms with Crippen molar-refractivity contribution in [3.05, 3.63) is 23.4 Å². The molecule has 22 heavy (non-hydrogen) atoms. The van der Waals surface area contributed by atoms with Crippen LogP contribution in [0.15, 0.2) is 22.0 Å². The van der Waals surface area contributed by atoms with Crippen molar-refractivity contribution in [1.82, 2.24) is 15.5 Å². The van der Waals surface area contributed by atoms with Crippen molar-refractivity contribution < 1.29 is 19.2 Å². The minimum absolute atomic E-state index is 0.0370. The number of thiophene rings is 1. The van der Waals surface area contributed by atoms with Gasteiger partial charge in [0.1, 0.15) is 0 Å². The Morgan fingerprint density at radius 3 is 2.95 bits per heavy atom. The second kappa shape index (κ2) is 7.69. The van der Waals surface area contributed by atoms with Gasteiger partial charge < -0.3 is 14.9 Å². The van der Waals surface area contributed by atoms with E-state index in [1.54, 1.807) is 6.92 Å². The van der Waals surface area contributed by atoms with Gasteiger partial charge in [-0.05, 0) is 24.8 Å². The van der Waals surface area contributed by atoms with Crippen molar-refractivity contribution in [1.29, 1.82) is 0 Å². The van der Waals surface area contributed by atoms with Gasteiger partial charge in [-0.1, -0.05) is 11.2 Å². The number of hydrogen-bond acceptors (Lipinski definition) is 6. The molecule has 2 aromatic heterocycles. The minimum Gasteiger partial charge on any atom is -0.481 e. The average molecular weight is 323 g/mol. The van der Waals surface area contributed by atoms with Crippen molar-refractivity contribution in [2.75, 3.05) is 0 Å². The number of carboxylic acid groups (broad SMARTS) is 1. The molecular weight excluding hydrogens is 306 g/mol. The van der Waals surface area contributed by atoms with E-state index in [9.17, 15) is 9.59 Å². The van der Waals surface area contributed by atoms with Crippen molar-refractivity contribution in [2.45, 2.75) is 38.6 Å². The van der Waals surface area contributed by atoms with E-state index in [2.05, 4.69) is 15.5 Å². The SMILES string of the molecule is CC(CCC(=O)O)NC(=O)CCc1nc(-c2cccs2)no1. The zero-order chi connectivity index (χ0) is 15.9. The lowest BCUT2D eigenvalue weighted by atomic mass is 10.1. The summed E-state index contributed by atoms with van der Waals surface area (Å²) < 4.78 is 5.11. The summed E-state index contributed by atoms with van der Waals surface area (Å²) in [6, 6.07) is 3.63. The summed E-state index contributed by atoms with van der Waals surface area (Å²) >= 11 is 1.52. The second-order valence-corrected chi connectivity index (χ2v) is 5.84. The molecule has 2 aromatic rings. The van der Waals surface area contributed by atoms with Crippen LogP contribution in [-0.4, -0.2) is 33.2 Å². The van der Waals surface area contributed by atoms with E-state index in [1.165, 1.54) is 11.3 Å². The van der Waals surface area contributed by atoms with E-state index in [0.717, 1.165) is 4.88 Å². The Labute approximate surface area is 131 Å². The molecule has 0 saturated heterocycles. The maximum atomic E-state index is 11.8. The molecule has 2 N–H and O–H groups in total. The molecule has 2 heterocycles. The van der Waals surface area contributed by atoms with Crippen LogP contribution in [0.25, 0.3) is 10.7 Å². The number of aromatic nitrogens is 2. The Morgan fingerprint density at radius 1 is 1.45 bits per heavy atom. The van der Waals surface area contributed by atoms with Crippen LogP contribution in [0, 0.1) is 0 Å². The first-order valence-corrected chi connectivity index (χ1v) is 7.80. The van der Waals surface area contributed by atoms with Gasteiger partial charge in [-0.2, -0.15) is 4.98 Å². The Bertz CT molecular complexity index is 624. The molecule has 1 amide bonds. The lowest BCUT2D eigenvalue weighted by Gasteiger charge is -2.11. The number of aryl methyl sites for hydroxylation is 1. The van der Waals surface area contributed by atoms with Crippen molar-refractivity contribution in [3.63, 3.8) is 0 Å². The normalized spacial score (nSPS) is 12.0. The molecule has 1 atom stereocenters. The van der Waals surface area contributed by atoms with E-state index >= 15 is 0 Å². The van der Waals surface area contributed by atoms with Gasteiger partial charge >= 0.3 is 5.97 Å². The van der Waals surface area contributed by atoms with Gasteiger partial charge in [0.25, 0.3) is 0 Å². The van der Waals surface area contributed by atoms with Crippen LogP contribution in [0.4, 0.5) is 0 Å². The summed E-state index contributed by atoms with van der Waals surface area (Å²) in [4.78, 5) is 27.4. The molecule has 0 radical (unpaired) electrons. The fourth-order valence-corrected chi connectivity index (χ4v) is 2.49. The largest absolute Gasteiger partial charge is 0.481 e. The summed E-state index contributed by atoms with van der Waals surface area (Å²) in [7, 11) is 0. The number of hydrogen-bond donors (Lipinski definition) is 2. The summed E-state index contributed by atoms with van der Waals surface area (Å²) in [6.07, 6.45) is 1.03. The van der Waals surface area contributed by atoms with Gasteiger partial charge in [0.05, 0.1) is 4.88 Å². The summed E-state index contributed by atoms with van der Waals surface area (Å²) in [5.74, 6) is -0.0844. The molecule has 2 rings (SSSR count). The van der Waals surface area contributed by atoms with Crippen LogP contribution >= 0.6 is 11.3 Å². The van der Waals surface area contributed by atoms with Crippen molar-refractivity contribution in [3.8, 4) is 10.7 Å². The summed E-state index contributed by atoms with van der Waals surface area (Å²) in [6.45, 7) is 1.78. The number of carbonyl (C=O) groups excluding carboxylic acids is 1. The fourth-order valence-electron chi connectivity index (χ4n) is 1.84. The first-order valence-electron chi connectivity index (χ1n) is 6.92. The van der Waals surface area contributed by atoms with Crippen LogP contribution in [-0.2, 0) is 16.0 Å². The highest BCUT2D eigenvalue weighted by Crippen LogP contribution is 2.21. The number of aliphatic carboxylic acids is 1. The number of nitrogens with one attached hydrogen (secondary N) is 1. The maximum Gasteiger partial charge on any atom is 0.303 e. The molecule has 0 bridgehead atoms. The fraction of sp³-hybridized carbons (Fsp3) is 0.429. The van der Waals surface area contributed by atoms with E-state index in [1.807, 2.05) is 17.5 Å². The molecule has 0 aliphatic carbocycles. The monoisotopic (exact) mass is 323 g/mol. The Balaban J connectivity index is 1.75. The number of carboxylic acids is 1. The summed E-state index contributed by atoms with van der Waals surface area (Å²) in [5.41, 5.74) is 0. The van der Waals surface area contributed by atoms with E-state index in [4.69, 9.17) is 9.63 Å². The van der Waals surface area contributed by atoms with Crippen LogP contribution < -0.4 is 5.32 Å². The first-order chi connectivity index (χ1) is 10.5. The van der Waals surface area contributed by atoms with Gasteiger partial charge in [0.2, 0.25) is 17.6 Å². The Morgan fingerprint density at radius 2 is 2.27 bits per heavy atom. The topological polar surface area (TPSA) is 105 Å². The predicted octanol–water partition coefficient (Wildman–Crippen LogP) is 2.10. The number of carbonyl (C=O) groups is 2. The minimum atomic E-state index is -0.868. The number of amides is 1. The quantitative estimate of drug-likeness (QED) is 0.770. The molecule has 8 heteroatoms. The molecule has 0 aromatic carbocycles. The smallest absolute Gasteiger partial charge is 0.303 e. The third-order valence-corrected chi connectivity index (χ3v) is 3.84. The molecule has 7 nitrogen and oxygen atoms in total. The highest BCUT2D eigenvalue weighted by atomic mass is 32.1.